The molecule has 4 nitrogen and oxygen atoms in total. The molecule has 2 fully saturated rings. The molecule has 1 amide bonds. The molecule has 0 radical (unpaired) electrons. The minimum Gasteiger partial charge on any atom is -0.453 e. The van der Waals surface area contributed by atoms with E-state index >= 15 is 0 Å². The molecule has 0 aromatic heterocycles. The summed E-state index contributed by atoms with van der Waals surface area (Å²) in [5.41, 5.74) is 0. The summed E-state index contributed by atoms with van der Waals surface area (Å²) >= 11 is 0. The maximum Gasteiger partial charge on any atom is 0.409 e. The molecule has 0 aromatic rings. The Balaban J connectivity index is 1.92. The monoisotopic (exact) mass is 212 g/mol. The number of carbonyl (C=O) groups is 1. The largest absolute Gasteiger partial charge is 0.453 e. The van der Waals surface area contributed by atoms with E-state index in [1.165, 1.54) is 26.4 Å². The average molecular weight is 212 g/mol. The molecule has 2 unspecified atom stereocenters. The van der Waals surface area contributed by atoms with Gasteiger partial charge in [0.05, 0.1) is 7.11 Å². The third-order valence-electron chi connectivity index (χ3n) is 3.42. The number of ether oxygens (including phenoxy) is 1. The van der Waals surface area contributed by atoms with Gasteiger partial charge < -0.3 is 15.0 Å². The first-order valence-electron chi connectivity index (χ1n) is 5.83. The summed E-state index contributed by atoms with van der Waals surface area (Å²) in [5.74, 6) is 0. The molecular weight excluding hydrogens is 192 g/mol. The van der Waals surface area contributed by atoms with Crippen LogP contribution in [-0.2, 0) is 4.74 Å². The molecule has 15 heavy (non-hydrogen) atoms. The fourth-order valence-corrected chi connectivity index (χ4v) is 2.29. The van der Waals surface area contributed by atoms with Gasteiger partial charge in [-0.15, -0.1) is 0 Å². The third-order valence-corrected chi connectivity index (χ3v) is 3.42. The Morgan fingerprint density at radius 3 is 2.73 bits per heavy atom. The van der Waals surface area contributed by atoms with Crippen molar-refractivity contribution in [2.24, 2.45) is 0 Å². The van der Waals surface area contributed by atoms with E-state index in [2.05, 4.69) is 12.2 Å². The lowest BCUT2D eigenvalue weighted by Crippen LogP contribution is -2.54. The first-order valence-corrected chi connectivity index (χ1v) is 5.83. The quantitative estimate of drug-likeness (QED) is 0.751. The zero-order valence-corrected chi connectivity index (χ0v) is 9.53. The maximum atomic E-state index is 11.5. The number of hydrogen-bond donors (Lipinski definition) is 1. The van der Waals surface area contributed by atoms with Crippen molar-refractivity contribution in [1.82, 2.24) is 10.2 Å². The Morgan fingerprint density at radius 1 is 1.40 bits per heavy atom. The van der Waals surface area contributed by atoms with Crippen LogP contribution in [0, 0.1) is 0 Å². The minimum atomic E-state index is -0.190. The highest BCUT2D eigenvalue weighted by molar-refractivity contribution is 5.68. The number of amides is 1. The number of piperidine rings is 1. The molecule has 1 N–H and O–H groups in total. The van der Waals surface area contributed by atoms with Crippen LogP contribution in [-0.4, -0.2) is 42.8 Å². The van der Waals surface area contributed by atoms with E-state index in [1.807, 2.05) is 4.90 Å². The number of likely N-dealkylation sites (tertiary alicyclic amines) is 1. The Kier molecular flexibility index (Phi) is 3.14. The van der Waals surface area contributed by atoms with E-state index in [4.69, 9.17) is 4.74 Å². The summed E-state index contributed by atoms with van der Waals surface area (Å²) in [6.45, 7) is 2.94. The first kappa shape index (κ1) is 10.7. The van der Waals surface area contributed by atoms with Gasteiger partial charge in [-0.1, -0.05) is 0 Å². The minimum absolute atomic E-state index is 0.190. The number of nitrogens with one attached hydrogen (secondary N) is 1. The van der Waals surface area contributed by atoms with Gasteiger partial charge >= 0.3 is 6.09 Å². The van der Waals surface area contributed by atoms with Crippen molar-refractivity contribution in [2.45, 2.75) is 50.7 Å². The lowest BCUT2D eigenvalue weighted by Gasteiger charge is -2.38. The topological polar surface area (TPSA) is 41.6 Å². The second-order valence-corrected chi connectivity index (χ2v) is 4.59. The van der Waals surface area contributed by atoms with Crippen molar-refractivity contribution in [2.75, 3.05) is 13.7 Å². The van der Waals surface area contributed by atoms with E-state index in [1.54, 1.807) is 0 Å². The van der Waals surface area contributed by atoms with Gasteiger partial charge in [0, 0.05) is 24.7 Å². The molecule has 1 saturated carbocycles. The second-order valence-electron chi connectivity index (χ2n) is 4.59. The number of carbonyl (C=O) groups excluding carboxylic acids is 1. The average Bonchev–Trinajstić information content (AvgIpc) is 3.04. The summed E-state index contributed by atoms with van der Waals surface area (Å²) in [6.07, 6.45) is 4.64. The van der Waals surface area contributed by atoms with Crippen LogP contribution in [0.4, 0.5) is 4.79 Å². The van der Waals surface area contributed by atoms with Gasteiger partial charge in [-0.25, -0.2) is 4.79 Å². The molecule has 4 heteroatoms. The predicted octanol–water partition coefficient (Wildman–Crippen LogP) is 1.36. The fraction of sp³-hybridized carbons (Fsp3) is 0.909. The van der Waals surface area contributed by atoms with Crippen LogP contribution in [0.3, 0.4) is 0 Å². The molecule has 0 spiro atoms. The van der Waals surface area contributed by atoms with Gasteiger partial charge in [0.15, 0.2) is 0 Å². The van der Waals surface area contributed by atoms with Crippen molar-refractivity contribution < 1.29 is 9.53 Å². The molecule has 2 aliphatic rings. The highest BCUT2D eigenvalue weighted by atomic mass is 16.5. The van der Waals surface area contributed by atoms with E-state index in [0.717, 1.165) is 13.0 Å². The zero-order chi connectivity index (χ0) is 10.8. The van der Waals surface area contributed by atoms with E-state index < -0.39 is 0 Å². The van der Waals surface area contributed by atoms with Crippen molar-refractivity contribution in [1.29, 1.82) is 0 Å². The summed E-state index contributed by atoms with van der Waals surface area (Å²) in [4.78, 5) is 13.3. The highest BCUT2D eigenvalue weighted by Crippen LogP contribution is 2.24. The lowest BCUT2D eigenvalue weighted by molar-refractivity contribution is 0.0808. The molecule has 86 valence electrons. The van der Waals surface area contributed by atoms with Crippen molar-refractivity contribution in [3.63, 3.8) is 0 Å². The summed E-state index contributed by atoms with van der Waals surface area (Å²) in [7, 11) is 1.45. The zero-order valence-electron chi connectivity index (χ0n) is 9.53. The molecule has 1 aliphatic carbocycles. The number of hydrogen-bond acceptors (Lipinski definition) is 3. The summed E-state index contributed by atoms with van der Waals surface area (Å²) in [6, 6.07) is 1.41. The number of nitrogens with zero attached hydrogens (tertiary/aromatic N) is 1. The summed E-state index contributed by atoms with van der Waals surface area (Å²) in [5, 5.41) is 3.60. The maximum absolute atomic E-state index is 11.5. The molecule has 2 atom stereocenters. The smallest absolute Gasteiger partial charge is 0.409 e. The summed E-state index contributed by atoms with van der Waals surface area (Å²) < 4.78 is 4.79. The molecule has 0 aromatic carbocycles. The van der Waals surface area contributed by atoms with Crippen molar-refractivity contribution in [3.05, 3.63) is 0 Å². The van der Waals surface area contributed by atoms with Gasteiger partial charge in [-0.2, -0.15) is 0 Å². The van der Waals surface area contributed by atoms with Crippen LogP contribution in [0.25, 0.3) is 0 Å². The molecule has 2 rings (SSSR count). The van der Waals surface area contributed by atoms with E-state index in [-0.39, 0.29) is 12.1 Å². The Hall–Kier alpha value is -0.770. The van der Waals surface area contributed by atoms with E-state index in [9.17, 15) is 4.79 Å². The first-order chi connectivity index (χ1) is 7.22. The normalized spacial score (nSPS) is 31.5. The Bertz CT molecular complexity index is 241. The lowest BCUT2D eigenvalue weighted by atomic mass is 9.98. The SMILES string of the molecule is COC(=O)N1CCCC(NC2CC2)C1C. The van der Waals surface area contributed by atoms with Gasteiger partial charge in [0.1, 0.15) is 0 Å². The van der Waals surface area contributed by atoms with Crippen LogP contribution in [0.15, 0.2) is 0 Å². The van der Waals surface area contributed by atoms with Gasteiger partial charge in [0.2, 0.25) is 0 Å². The highest BCUT2D eigenvalue weighted by Gasteiger charge is 2.34. The van der Waals surface area contributed by atoms with Crippen LogP contribution in [0.1, 0.15) is 32.6 Å². The van der Waals surface area contributed by atoms with Crippen LogP contribution >= 0.6 is 0 Å². The second kappa shape index (κ2) is 4.39. The van der Waals surface area contributed by atoms with Gasteiger partial charge in [0.25, 0.3) is 0 Å². The predicted molar refractivity (Wildman–Crippen MR) is 57.8 cm³/mol. The fourth-order valence-electron chi connectivity index (χ4n) is 2.29. The van der Waals surface area contributed by atoms with Gasteiger partial charge in [-0.05, 0) is 32.6 Å². The van der Waals surface area contributed by atoms with Crippen LogP contribution in [0.5, 0.6) is 0 Å². The van der Waals surface area contributed by atoms with Gasteiger partial charge in [-0.3, -0.25) is 0 Å². The number of methoxy groups -OCH3 is 1. The molecule has 1 aliphatic heterocycles. The van der Waals surface area contributed by atoms with Crippen molar-refractivity contribution >= 4 is 6.09 Å². The molecular formula is C11H20N2O2. The Morgan fingerprint density at radius 2 is 2.13 bits per heavy atom. The standard InChI is InChI=1S/C11H20N2O2/c1-8-10(12-9-5-6-9)4-3-7-13(8)11(14)15-2/h8-10,12H,3-7H2,1-2H3. The Labute approximate surface area is 91.0 Å². The van der Waals surface area contributed by atoms with Crippen molar-refractivity contribution in [3.8, 4) is 0 Å². The molecule has 1 heterocycles. The number of rotatable bonds is 2. The van der Waals surface area contributed by atoms with E-state index in [0.29, 0.717) is 12.1 Å². The third kappa shape index (κ3) is 2.43. The van der Waals surface area contributed by atoms with Crippen LogP contribution < -0.4 is 5.32 Å². The molecule has 1 saturated heterocycles. The molecule has 0 bridgehead atoms. The van der Waals surface area contributed by atoms with Crippen LogP contribution in [0.2, 0.25) is 0 Å².